The van der Waals surface area contributed by atoms with E-state index in [1.807, 2.05) is 0 Å². The minimum atomic E-state index is 0.442. The van der Waals surface area contributed by atoms with E-state index in [9.17, 15) is 0 Å². The molecule has 2 nitrogen and oxygen atoms in total. The van der Waals surface area contributed by atoms with E-state index in [-0.39, 0.29) is 0 Å². The van der Waals surface area contributed by atoms with Crippen LogP contribution in [0.1, 0.15) is 39.5 Å². The van der Waals surface area contributed by atoms with Crippen LogP contribution in [0.15, 0.2) is 0 Å². The second kappa shape index (κ2) is 5.55. The lowest BCUT2D eigenvalue weighted by atomic mass is 10.2. The minimum absolute atomic E-state index is 0.442. The number of hydrogen-bond acceptors (Lipinski definition) is 2. The normalized spacial score (nSPS) is 26.0. The predicted molar refractivity (Wildman–Crippen MR) is 51.3 cm³/mol. The monoisotopic (exact) mass is 171 g/mol. The molecule has 0 amide bonds. The molecule has 2 heteroatoms. The maximum absolute atomic E-state index is 5.70. The summed E-state index contributed by atoms with van der Waals surface area (Å²) < 4.78 is 5.70. The Kier molecular flexibility index (Phi) is 4.62. The van der Waals surface area contributed by atoms with Gasteiger partial charge in [0.2, 0.25) is 0 Å². The molecule has 12 heavy (non-hydrogen) atoms. The van der Waals surface area contributed by atoms with Crippen molar-refractivity contribution in [1.29, 1.82) is 0 Å². The summed E-state index contributed by atoms with van der Waals surface area (Å²) in [7, 11) is 0. The van der Waals surface area contributed by atoms with Gasteiger partial charge in [0.25, 0.3) is 0 Å². The molecule has 1 heterocycles. The van der Waals surface area contributed by atoms with Gasteiger partial charge < -0.3 is 10.1 Å². The lowest BCUT2D eigenvalue weighted by molar-refractivity contribution is 0.0474. The zero-order valence-corrected chi connectivity index (χ0v) is 8.31. The standard InChI is InChI=1S/C10H21NO/c1-3-5-9(2)12-8-10-6-4-7-11-10/h9-11H,3-8H2,1-2H3/t9?,10-/m0/s1. The molecule has 0 saturated carbocycles. The molecule has 1 aliphatic heterocycles. The molecule has 0 aromatic rings. The van der Waals surface area contributed by atoms with Gasteiger partial charge in [0.05, 0.1) is 12.7 Å². The average molecular weight is 171 g/mol. The lowest BCUT2D eigenvalue weighted by Gasteiger charge is -2.15. The van der Waals surface area contributed by atoms with Crippen molar-refractivity contribution in [2.24, 2.45) is 0 Å². The van der Waals surface area contributed by atoms with E-state index in [1.165, 1.54) is 32.2 Å². The molecule has 1 saturated heterocycles. The second-order valence-electron chi connectivity index (χ2n) is 3.73. The molecule has 1 fully saturated rings. The molecular formula is C10H21NO. The van der Waals surface area contributed by atoms with E-state index >= 15 is 0 Å². The van der Waals surface area contributed by atoms with Crippen LogP contribution < -0.4 is 5.32 Å². The van der Waals surface area contributed by atoms with E-state index < -0.39 is 0 Å². The highest BCUT2D eigenvalue weighted by molar-refractivity contribution is 4.73. The third-order valence-corrected chi connectivity index (χ3v) is 2.44. The molecule has 1 unspecified atom stereocenters. The fraction of sp³-hybridized carbons (Fsp3) is 1.00. The first-order valence-electron chi connectivity index (χ1n) is 5.18. The van der Waals surface area contributed by atoms with Crippen molar-refractivity contribution in [1.82, 2.24) is 5.32 Å². The van der Waals surface area contributed by atoms with E-state index in [4.69, 9.17) is 4.74 Å². The Morgan fingerprint density at radius 1 is 1.58 bits per heavy atom. The number of hydrogen-bond donors (Lipinski definition) is 1. The van der Waals surface area contributed by atoms with E-state index in [0.717, 1.165) is 6.61 Å². The highest BCUT2D eigenvalue weighted by atomic mass is 16.5. The summed E-state index contributed by atoms with van der Waals surface area (Å²) in [5.74, 6) is 0. The molecule has 0 aliphatic carbocycles. The Labute approximate surface area is 75.7 Å². The quantitative estimate of drug-likeness (QED) is 0.682. The van der Waals surface area contributed by atoms with Crippen molar-refractivity contribution in [3.63, 3.8) is 0 Å². The van der Waals surface area contributed by atoms with Crippen LogP contribution in [0, 0.1) is 0 Å². The summed E-state index contributed by atoms with van der Waals surface area (Å²) in [5.41, 5.74) is 0. The van der Waals surface area contributed by atoms with Crippen LogP contribution in [0.25, 0.3) is 0 Å². The van der Waals surface area contributed by atoms with Gasteiger partial charge in [-0.3, -0.25) is 0 Å². The van der Waals surface area contributed by atoms with Crippen LogP contribution in [0.3, 0.4) is 0 Å². The molecular weight excluding hydrogens is 150 g/mol. The third-order valence-electron chi connectivity index (χ3n) is 2.44. The van der Waals surface area contributed by atoms with Gasteiger partial charge in [0.15, 0.2) is 0 Å². The van der Waals surface area contributed by atoms with Crippen LogP contribution in [-0.4, -0.2) is 25.3 Å². The lowest BCUT2D eigenvalue weighted by Crippen LogP contribution is -2.28. The van der Waals surface area contributed by atoms with Crippen LogP contribution >= 0.6 is 0 Å². The first-order chi connectivity index (χ1) is 5.83. The molecule has 1 aliphatic rings. The van der Waals surface area contributed by atoms with Crippen molar-refractivity contribution in [2.45, 2.75) is 51.7 Å². The van der Waals surface area contributed by atoms with Crippen molar-refractivity contribution in [3.8, 4) is 0 Å². The van der Waals surface area contributed by atoms with Crippen LogP contribution in [0.4, 0.5) is 0 Å². The molecule has 1 rings (SSSR count). The number of rotatable bonds is 5. The maximum Gasteiger partial charge on any atom is 0.0623 e. The van der Waals surface area contributed by atoms with E-state index in [1.54, 1.807) is 0 Å². The number of ether oxygens (including phenoxy) is 1. The Balaban J connectivity index is 1.99. The largest absolute Gasteiger partial charge is 0.377 e. The summed E-state index contributed by atoms with van der Waals surface area (Å²) in [6.45, 7) is 6.45. The van der Waals surface area contributed by atoms with Gasteiger partial charge in [-0.15, -0.1) is 0 Å². The molecule has 0 aromatic heterocycles. The van der Waals surface area contributed by atoms with E-state index in [2.05, 4.69) is 19.2 Å². The third kappa shape index (κ3) is 3.55. The zero-order valence-electron chi connectivity index (χ0n) is 8.31. The molecule has 0 spiro atoms. The van der Waals surface area contributed by atoms with Crippen molar-refractivity contribution >= 4 is 0 Å². The Morgan fingerprint density at radius 2 is 2.42 bits per heavy atom. The molecule has 1 N–H and O–H groups in total. The Morgan fingerprint density at radius 3 is 3.00 bits per heavy atom. The maximum atomic E-state index is 5.70. The SMILES string of the molecule is CCCC(C)OC[C@@H]1CCCN1. The van der Waals surface area contributed by atoms with Gasteiger partial charge >= 0.3 is 0 Å². The van der Waals surface area contributed by atoms with Gasteiger partial charge in [0, 0.05) is 6.04 Å². The van der Waals surface area contributed by atoms with Gasteiger partial charge in [0.1, 0.15) is 0 Å². The zero-order chi connectivity index (χ0) is 8.81. The van der Waals surface area contributed by atoms with Crippen LogP contribution in [-0.2, 0) is 4.74 Å². The summed E-state index contributed by atoms with van der Waals surface area (Å²) in [6, 6.07) is 0.629. The van der Waals surface area contributed by atoms with Gasteiger partial charge in [-0.1, -0.05) is 13.3 Å². The predicted octanol–water partition coefficient (Wildman–Crippen LogP) is 1.94. The van der Waals surface area contributed by atoms with Crippen molar-refractivity contribution in [3.05, 3.63) is 0 Å². The highest BCUT2D eigenvalue weighted by Crippen LogP contribution is 2.08. The van der Waals surface area contributed by atoms with Crippen molar-refractivity contribution in [2.75, 3.05) is 13.2 Å². The average Bonchev–Trinajstić information content (AvgIpc) is 2.53. The highest BCUT2D eigenvalue weighted by Gasteiger charge is 2.14. The second-order valence-corrected chi connectivity index (χ2v) is 3.73. The molecule has 72 valence electrons. The molecule has 0 radical (unpaired) electrons. The molecule has 0 aromatic carbocycles. The van der Waals surface area contributed by atoms with Crippen LogP contribution in [0.2, 0.25) is 0 Å². The van der Waals surface area contributed by atoms with Gasteiger partial charge in [-0.2, -0.15) is 0 Å². The summed E-state index contributed by atoms with van der Waals surface area (Å²) in [5, 5.41) is 3.43. The summed E-state index contributed by atoms with van der Waals surface area (Å²) in [4.78, 5) is 0. The summed E-state index contributed by atoms with van der Waals surface area (Å²) in [6.07, 6.45) is 5.46. The Bertz CT molecular complexity index is 110. The van der Waals surface area contributed by atoms with Crippen molar-refractivity contribution < 1.29 is 4.74 Å². The number of nitrogens with one attached hydrogen (secondary N) is 1. The fourth-order valence-electron chi connectivity index (χ4n) is 1.67. The minimum Gasteiger partial charge on any atom is -0.377 e. The first kappa shape index (κ1) is 10.0. The topological polar surface area (TPSA) is 21.3 Å². The fourth-order valence-corrected chi connectivity index (χ4v) is 1.67. The summed E-state index contributed by atoms with van der Waals surface area (Å²) >= 11 is 0. The van der Waals surface area contributed by atoms with E-state index in [0.29, 0.717) is 12.1 Å². The van der Waals surface area contributed by atoms with Gasteiger partial charge in [-0.05, 0) is 32.7 Å². The Hall–Kier alpha value is -0.0800. The van der Waals surface area contributed by atoms with Crippen LogP contribution in [0.5, 0.6) is 0 Å². The first-order valence-corrected chi connectivity index (χ1v) is 5.18. The van der Waals surface area contributed by atoms with Gasteiger partial charge in [-0.25, -0.2) is 0 Å². The molecule has 0 bridgehead atoms. The molecule has 2 atom stereocenters. The smallest absolute Gasteiger partial charge is 0.0623 e.